The van der Waals surface area contributed by atoms with Crippen molar-refractivity contribution in [1.29, 1.82) is 0 Å². The van der Waals surface area contributed by atoms with E-state index in [1.165, 1.54) is 48.5 Å². The summed E-state index contributed by atoms with van der Waals surface area (Å²) in [6, 6.07) is 24.6. The molecule has 4 atom stereocenters. The molecule has 25 heteroatoms. The third-order valence-corrected chi connectivity index (χ3v) is 21.3. The minimum absolute atomic E-state index is 0.0261. The quantitative estimate of drug-likeness (QED) is 0.0695. The number of halogens is 3. The first kappa shape index (κ1) is 68.9. The van der Waals surface area contributed by atoms with Crippen LogP contribution in [0.2, 0.25) is 0 Å². The molecule has 0 spiro atoms. The number of phenols is 1. The number of benzene rings is 4. The average Bonchev–Trinajstić information content (AvgIpc) is 4.33. The van der Waals surface area contributed by atoms with Gasteiger partial charge in [-0.1, -0.05) is 15.9 Å². The Hall–Kier alpha value is -4.83. The van der Waals surface area contributed by atoms with E-state index in [4.69, 9.17) is 44.0 Å². The first-order valence-corrected chi connectivity index (χ1v) is 34.4. The second-order valence-corrected chi connectivity index (χ2v) is 30.4. The van der Waals surface area contributed by atoms with Gasteiger partial charge in [-0.2, -0.15) is 0 Å². The van der Waals surface area contributed by atoms with E-state index in [9.17, 15) is 47.2 Å². The van der Waals surface area contributed by atoms with Crippen molar-refractivity contribution in [2.75, 3.05) is 95.6 Å². The number of aromatic hydroxyl groups is 1. The second-order valence-electron chi connectivity index (χ2n) is 21.3. The smallest absolute Gasteiger partial charge is 0.306 e. The molecule has 460 valence electrons. The zero-order valence-electron chi connectivity index (χ0n) is 46.9. The van der Waals surface area contributed by atoms with Crippen molar-refractivity contribution in [3.05, 3.63) is 125 Å². The van der Waals surface area contributed by atoms with E-state index in [-0.39, 0.29) is 99.7 Å². The maximum absolute atomic E-state index is 13.1. The SMILES string of the molecule is CC(C)(C)OC(=O)CC/C(=C\F)COc1ccc(S(=O)(=O)C[C@H]2CCOC2)cc1.NC/C(=C\F)COc1ccc(S(=O)(=O)C[C@H]2CCOC2)cc1.O=S(=O)(C[C@H]1CCOC1)c1ccc(Br)cc1.O=S(=O)(C[C@H]1CCOC1)c1ccc(O)cc1. The van der Waals surface area contributed by atoms with E-state index in [0.717, 1.165) is 30.2 Å². The number of hydrogen-bond donors (Lipinski definition) is 2. The van der Waals surface area contributed by atoms with Gasteiger partial charge in [0.25, 0.3) is 0 Å². The molecular formula is C58H76BrF2NO17S4. The summed E-state index contributed by atoms with van der Waals surface area (Å²) >= 11 is 3.29. The van der Waals surface area contributed by atoms with Gasteiger partial charge in [-0.05, 0) is 179 Å². The van der Waals surface area contributed by atoms with Crippen LogP contribution in [0.4, 0.5) is 8.78 Å². The standard InChI is InChI=1S/C21H29FO6S.C15H20FNO4S.C11H13BrO3S.C11H14O4S/c1-21(2,3)28-20(23)9-4-16(12-22)14-27-18-5-7-19(8-6-18)29(24,25)15-17-10-11-26-13-17;16-7-13(8-17)10-21-14-1-3-15(4-2-14)22(18,19)11-12-5-6-20-9-12;2*12-10-1-3-11(4-2-10)16(13,14)8-9-5-6-15-7-9/h5-8,12,17H,4,9-11,13-15H2,1-3H3;1-4,7,12H,5-6,8-11,17H2;1-4,9H,5-8H2;1-4,9,12H,5-8H2/b16-12+;13-7+;;/t17-;12-;2*9-/m0000/s1. The van der Waals surface area contributed by atoms with Crippen molar-refractivity contribution in [3.63, 3.8) is 0 Å². The molecule has 0 aromatic heterocycles. The Balaban J connectivity index is 0.000000209. The highest BCUT2D eigenvalue weighted by molar-refractivity contribution is 9.10. The summed E-state index contributed by atoms with van der Waals surface area (Å²) in [7, 11) is -13.1. The second kappa shape index (κ2) is 33.2. The molecule has 0 bridgehead atoms. The van der Waals surface area contributed by atoms with E-state index in [1.807, 2.05) is 0 Å². The van der Waals surface area contributed by atoms with Gasteiger partial charge in [-0.25, -0.2) is 42.5 Å². The summed E-state index contributed by atoms with van der Waals surface area (Å²) in [5.41, 5.74) is 5.39. The summed E-state index contributed by atoms with van der Waals surface area (Å²) in [4.78, 5) is 12.9. The molecule has 8 rings (SSSR count). The van der Waals surface area contributed by atoms with Crippen LogP contribution >= 0.6 is 15.9 Å². The minimum atomic E-state index is -3.39. The Bertz CT molecular complexity index is 3070. The number of carbonyl (C=O) groups excluding carboxylic acids is 1. The molecule has 4 aromatic carbocycles. The molecule has 4 heterocycles. The minimum Gasteiger partial charge on any atom is -0.508 e. The largest absolute Gasteiger partial charge is 0.508 e. The van der Waals surface area contributed by atoms with Crippen molar-refractivity contribution in [2.45, 2.75) is 84.5 Å². The first-order chi connectivity index (χ1) is 39.3. The highest BCUT2D eigenvalue weighted by Gasteiger charge is 2.28. The molecule has 4 aromatic rings. The van der Waals surface area contributed by atoms with Crippen LogP contribution in [0.3, 0.4) is 0 Å². The fourth-order valence-corrected chi connectivity index (χ4v) is 15.3. The van der Waals surface area contributed by atoms with E-state index < -0.39 is 50.9 Å². The van der Waals surface area contributed by atoms with E-state index in [0.29, 0.717) is 93.1 Å². The molecule has 0 saturated carbocycles. The van der Waals surface area contributed by atoms with Gasteiger partial charge in [0.1, 0.15) is 36.1 Å². The molecule has 0 radical (unpaired) electrons. The Labute approximate surface area is 495 Å². The fraction of sp³-hybridized carbons (Fsp3) is 0.500. The highest BCUT2D eigenvalue weighted by atomic mass is 79.9. The third-order valence-electron chi connectivity index (χ3n) is 13.1. The van der Waals surface area contributed by atoms with Crippen LogP contribution in [-0.4, -0.2) is 146 Å². The Kier molecular flexibility index (Phi) is 27.6. The summed E-state index contributed by atoms with van der Waals surface area (Å²) in [6.45, 7) is 10.0. The molecule has 0 unspecified atom stereocenters. The Morgan fingerprint density at radius 3 is 1.14 bits per heavy atom. The molecule has 4 aliphatic heterocycles. The van der Waals surface area contributed by atoms with Gasteiger partial charge in [0.05, 0.1) is 81.7 Å². The van der Waals surface area contributed by atoms with Crippen molar-refractivity contribution in [1.82, 2.24) is 0 Å². The van der Waals surface area contributed by atoms with Crippen molar-refractivity contribution >= 4 is 61.2 Å². The van der Waals surface area contributed by atoms with E-state index in [2.05, 4.69) is 15.9 Å². The Morgan fingerprint density at radius 1 is 0.542 bits per heavy atom. The number of esters is 1. The lowest BCUT2D eigenvalue weighted by atomic mass is 10.1. The van der Waals surface area contributed by atoms with Crippen molar-refractivity contribution < 1.29 is 85.5 Å². The van der Waals surface area contributed by atoms with Gasteiger partial charge in [0, 0.05) is 49.4 Å². The molecule has 4 aliphatic rings. The number of rotatable bonds is 22. The van der Waals surface area contributed by atoms with Crippen LogP contribution < -0.4 is 15.2 Å². The predicted molar refractivity (Wildman–Crippen MR) is 313 cm³/mol. The van der Waals surface area contributed by atoms with Gasteiger partial charge < -0.3 is 44.0 Å². The molecule has 0 aliphatic carbocycles. The van der Waals surface area contributed by atoms with Crippen LogP contribution in [0.5, 0.6) is 17.2 Å². The van der Waals surface area contributed by atoms with Crippen LogP contribution in [0.15, 0.2) is 145 Å². The average molecular weight is 1310 g/mol. The van der Waals surface area contributed by atoms with Crippen molar-refractivity contribution in [2.24, 2.45) is 29.4 Å². The van der Waals surface area contributed by atoms with Crippen LogP contribution in [0.25, 0.3) is 0 Å². The number of ether oxygens (including phenoxy) is 7. The maximum atomic E-state index is 13.1. The van der Waals surface area contributed by atoms with Crippen LogP contribution in [-0.2, 0) is 67.8 Å². The molecule has 4 saturated heterocycles. The van der Waals surface area contributed by atoms with E-state index >= 15 is 0 Å². The van der Waals surface area contributed by atoms with Gasteiger partial charge >= 0.3 is 5.97 Å². The van der Waals surface area contributed by atoms with E-state index in [1.54, 1.807) is 69.3 Å². The predicted octanol–water partition coefficient (Wildman–Crippen LogP) is 9.00. The zero-order chi connectivity index (χ0) is 60.7. The fourth-order valence-electron chi connectivity index (χ4n) is 8.57. The maximum Gasteiger partial charge on any atom is 0.306 e. The lowest BCUT2D eigenvalue weighted by molar-refractivity contribution is -0.154. The lowest BCUT2D eigenvalue weighted by Crippen LogP contribution is -2.23. The number of nitrogens with two attached hydrogens (primary N) is 1. The van der Waals surface area contributed by atoms with Gasteiger partial charge in [-0.15, -0.1) is 0 Å². The summed E-state index contributed by atoms with van der Waals surface area (Å²) < 4.78 is 161. The monoisotopic (exact) mass is 1300 g/mol. The number of carbonyl (C=O) groups is 1. The van der Waals surface area contributed by atoms with Gasteiger partial charge in [-0.3, -0.25) is 4.79 Å². The van der Waals surface area contributed by atoms with Crippen molar-refractivity contribution in [3.8, 4) is 17.2 Å². The number of sulfone groups is 4. The summed E-state index contributed by atoms with van der Waals surface area (Å²) in [6.07, 6.45) is 4.25. The molecule has 3 N–H and O–H groups in total. The topological polar surface area (TPSA) is 264 Å². The third kappa shape index (κ3) is 24.6. The highest BCUT2D eigenvalue weighted by Crippen LogP contribution is 2.27. The van der Waals surface area contributed by atoms with Gasteiger partial charge in [0.2, 0.25) is 0 Å². The molecule has 4 fully saturated rings. The van der Waals surface area contributed by atoms with Crippen LogP contribution in [0, 0.1) is 23.7 Å². The number of phenolic OH excluding ortho intramolecular Hbond substituents is 1. The van der Waals surface area contributed by atoms with Crippen LogP contribution in [0.1, 0.15) is 59.3 Å². The first-order valence-electron chi connectivity index (χ1n) is 27.0. The lowest BCUT2D eigenvalue weighted by Gasteiger charge is -2.19. The molecule has 83 heavy (non-hydrogen) atoms. The zero-order valence-corrected chi connectivity index (χ0v) is 51.7. The van der Waals surface area contributed by atoms with Gasteiger partial charge in [0.15, 0.2) is 39.3 Å². The summed E-state index contributed by atoms with van der Waals surface area (Å²) in [5.74, 6) is 1.35. The molecular weight excluding hydrogens is 1230 g/mol. The molecule has 0 amide bonds. The normalized spacial score (nSPS) is 19.6. The Morgan fingerprint density at radius 2 is 0.855 bits per heavy atom. The number of hydrogen-bond acceptors (Lipinski definition) is 18. The summed E-state index contributed by atoms with van der Waals surface area (Å²) in [5, 5.41) is 9.09. The molecule has 18 nitrogen and oxygen atoms in total.